The summed E-state index contributed by atoms with van der Waals surface area (Å²) in [5.74, 6) is 0.373. The molecule has 0 aliphatic heterocycles. The molecule has 0 atom stereocenters. The summed E-state index contributed by atoms with van der Waals surface area (Å²) in [6.07, 6.45) is 1.53. The van der Waals surface area contributed by atoms with Crippen LogP contribution in [0.3, 0.4) is 0 Å². The number of anilines is 2. The summed E-state index contributed by atoms with van der Waals surface area (Å²) in [7, 11) is 0. The van der Waals surface area contributed by atoms with Gasteiger partial charge in [-0.3, -0.25) is 0 Å². The Balaban J connectivity index is 2.25. The molecule has 0 aliphatic rings. The topological polar surface area (TPSA) is 61.6 Å². The zero-order chi connectivity index (χ0) is 12.3. The van der Waals surface area contributed by atoms with Crippen molar-refractivity contribution in [1.82, 2.24) is 9.97 Å². The largest absolute Gasteiger partial charge is 0.324 e. The van der Waals surface area contributed by atoms with Gasteiger partial charge in [-0.05, 0) is 40.2 Å². The van der Waals surface area contributed by atoms with Gasteiger partial charge in [0.25, 0.3) is 0 Å². The van der Waals surface area contributed by atoms with Gasteiger partial charge in [-0.15, -0.1) is 0 Å². The van der Waals surface area contributed by atoms with Crippen molar-refractivity contribution in [2.24, 2.45) is 0 Å². The molecule has 0 fully saturated rings. The van der Waals surface area contributed by atoms with Gasteiger partial charge in [0.1, 0.15) is 11.8 Å². The Labute approximate surface area is 111 Å². The van der Waals surface area contributed by atoms with E-state index in [-0.39, 0.29) is 0 Å². The fourth-order valence-corrected chi connectivity index (χ4v) is 1.68. The fraction of sp³-hybridized carbons (Fsp3) is 0. The van der Waals surface area contributed by atoms with Crippen molar-refractivity contribution < 1.29 is 0 Å². The highest BCUT2D eigenvalue weighted by atomic mass is 79.9. The van der Waals surface area contributed by atoms with E-state index in [0.29, 0.717) is 16.7 Å². The van der Waals surface area contributed by atoms with E-state index in [9.17, 15) is 0 Å². The van der Waals surface area contributed by atoms with Crippen molar-refractivity contribution in [3.05, 3.63) is 45.7 Å². The molecule has 0 bridgehead atoms. The highest BCUT2D eigenvalue weighted by molar-refractivity contribution is 9.10. The maximum absolute atomic E-state index is 8.72. The third-order valence-electron chi connectivity index (χ3n) is 1.95. The van der Waals surface area contributed by atoms with Crippen LogP contribution in [-0.2, 0) is 0 Å². The van der Waals surface area contributed by atoms with Gasteiger partial charge in [0, 0.05) is 16.4 Å². The molecule has 2 aromatic rings. The number of hydrogen-bond donors (Lipinski definition) is 1. The van der Waals surface area contributed by atoms with Crippen LogP contribution in [0.2, 0.25) is 5.02 Å². The van der Waals surface area contributed by atoms with Crippen molar-refractivity contribution in [1.29, 1.82) is 5.26 Å². The minimum Gasteiger partial charge on any atom is -0.324 e. The molecule has 0 radical (unpaired) electrons. The Morgan fingerprint density at radius 2 is 2.18 bits per heavy atom. The van der Waals surface area contributed by atoms with E-state index in [4.69, 9.17) is 16.9 Å². The molecule has 0 unspecified atom stereocenters. The third-order valence-corrected chi connectivity index (χ3v) is 3.16. The first-order valence-electron chi connectivity index (χ1n) is 4.64. The summed E-state index contributed by atoms with van der Waals surface area (Å²) >= 11 is 9.20. The Hall–Kier alpha value is -1.64. The number of nitrogens with one attached hydrogen (secondary N) is 1. The molecule has 84 valence electrons. The molecule has 17 heavy (non-hydrogen) atoms. The molecule has 1 aromatic carbocycles. The zero-order valence-electron chi connectivity index (χ0n) is 8.48. The molecule has 2 rings (SSSR count). The second kappa shape index (κ2) is 5.13. The van der Waals surface area contributed by atoms with E-state index in [1.807, 2.05) is 12.1 Å². The van der Waals surface area contributed by atoms with Gasteiger partial charge in [-0.2, -0.15) is 5.26 Å². The molecule has 6 heteroatoms. The minimum atomic E-state index is 0.315. The summed E-state index contributed by atoms with van der Waals surface area (Å²) in [5.41, 5.74) is 1.10. The standard InChI is InChI=1S/C11H6BrClN4/c12-9-5-7(1-2-10(9)13)16-11-15-4-3-8(6-14)17-11/h1-5H,(H,15,16,17). The third kappa shape index (κ3) is 2.93. The van der Waals surface area contributed by atoms with Crippen LogP contribution in [0.5, 0.6) is 0 Å². The Morgan fingerprint density at radius 3 is 2.88 bits per heavy atom. The van der Waals surface area contributed by atoms with Crippen molar-refractivity contribution in [2.45, 2.75) is 0 Å². The average molecular weight is 310 g/mol. The van der Waals surface area contributed by atoms with E-state index in [1.165, 1.54) is 6.20 Å². The zero-order valence-corrected chi connectivity index (χ0v) is 10.8. The van der Waals surface area contributed by atoms with Crippen molar-refractivity contribution in [3.63, 3.8) is 0 Å². The van der Waals surface area contributed by atoms with Crippen LogP contribution in [0.4, 0.5) is 11.6 Å². The fourth-order valence-electron chi connectivity index (χ4n) is 1.18. The first-order valence-corrected chi connectivity index (χ1v) is 5.81. The maximum Gasteiger partial charge on any atom is 0.228 e. The lowest BCUT2D eigenvalue weighted by atomic mass is 10.3. The number of nitrogens with zero attached hydrogens (tertiary/aromatic N) is 3. The highest BCUT2D eigenvalue weighted by Crippen LogP contribution is 2.26. The molecule has 1 aromatic heterocycles. The number of hydrogen-bond acceptors (Lipinski definition) is 4. The average Bonchev–Trinajstić information content (AvgIpc) is 2.34. The summed E-state index contributed by atoms with van der Waals surface area (Å²) in [4.78, 5) is 8.02. The van der Waals surface area contributed by atoms with E-state index in [0.717, 1.165) is 10.2 Å². The van der Waals surface area contributed by atoms with Crippen molar-refractivity contribution in [3.8, 4) is 6.07 Å². The number of aromatic nitrogens is 2. The molecule has 0 saturated heterocycles. The predicted octanol–water partition coefficient (Wildman–Crippen LogP) is 3.51. The molecule has 0 saturated carbocycles. The van der Waals surface area contributed by atoms with Gasteiger partial charge in [0.15, 0.2) is 0 Å². The maximum atomic E-state index is 8.72. The molecular weight excluding hydrogens is 304 g/mol. The summed E-state index contributed by atoms with van der Waals surface area (Å²) < 4.78 is 0.778. The lowest BCUT2D eigenvalue weighted by Crippen LogP contribution is -1.97. The summed E-state index contributed by atoms with van der Waals surface area (Å²) in [6.45, 7) is 0. The van der Waals surface area contributed by atoms with E-state index < -0.39 is 0 Å². The van der Waals surface area contributed by atoms with Gasteiger partial charge in [0.05, 0.1) is 5.02 Å². The monoisotopic (exact) mass is 308 g/mol. The van der Waals surface area contributed by atoms with Gasteiger partial charge >= 0.3 is 0 Å². The van der Waals surface area contributed by atoms with Crippen LogP contribution >= 0.6 is 27.5 Å². The SMILES string of the molecule is N#Cc1ccnc(Nc2ccc(Cl)c(Br)c2)n1. The van der Waals surface area contributed by atoms with Gasteiger partial charge in [0.2, 0.25) is 5.95 Å². The van der Waals surface area contributed by atoms with Crippen LogP contribution in [-0.4, -0.2) is 9.97 Å². The molecule has 1 heterocycles. The van der Waals surface area contributed by atoms with Crippen molar-refractivity contribution in [2.75, 3.05) is 5.32 Å². The number of nitriles is 1. The first-order chi connectivity index (χ1) is 8.19. The smallest absolute Gasteiger partial charge is 0.228 e. The van der Waals surface area contributed by atoms with Gasteiger partial charge in [-0.25, -0.2) is 9.97 Å². The summed E-state index contributed by atoms with van der Waals surface area (Å²) in [6, 6.07) is 8.86. The summed E-state index contributed by atoms with van der Waals surface area (Å²) in [5, 5.41) is 12.3. The second-order valence-electron chi connectivity index (χ2n) is 3.13. The number of benzene rings is 1. The quantitative estimate of drug-likeness (QED) is 0.922. The van der Waals surface area contributed by atoms with Crippen LogP contribution < -0.4 is 5.32 Å². The highest BCUT2D eigenvalue weighted by Gasteiger charge is 2.02. The van der Waals surface area contributed by atoms with Gasteiger partial charge < -0.3 is 5.32 Å². The second-order valence-corrected chi connectivity index (χ2v) is 4.39. The Bertz CT molecular complexity index is 594. The van der Waals surface area contributed by atoms with Crippen LogP contribution in [0, 0.1) is 11.3 Å². The van der Waals surface area contributed by atoms with E-state index in [2.05, 4.69) is 31.2 Å². The Morgan fingerprint density at radius 1 is 1.35 bits per heavy atom. The minimum absolute atomic E-state index is 0.315. The molecule has 4 nitrogen and oxygen atoms in total. The molecule has 0 aliphatic carbocycles. The van der Waals surface area contributed by atoms with Crippen LogP contribution in [0.25, 0.3) is 0 Å². The molecular formula is C11H6BrClN4. The lowest BCUT2D eigenvalue weighted by Gasteiger charge is -2.05. The normalized spacial score (nSPS) is 9.71. The Kier molecular flexibility index (Phi) is 3.57. The van der Waals surface area contributed by atoms with E-state index >= 15 is 0 Å². The first kappa shape index (κ1) is 11.8. The van der Waals surface area contributed by atoms with Crippen LogP contribution in [0.15, 0.2) is 34.9 Å². The number of rotatable bonds is 2. The predicted molar refractivity (Wildman–Crippen MR) is 69.2 cm³/mol. The lowest BCUT2D eigenvalue weighted by molar-refractivity contribution is 1.14. The molecule has 0 spiro atoms. The van der Waals surface area contributed by atoms with E-state index in [1.54, 1.807) is 18.2 Å². The molecule has 1 N–H and O–H groups in total. The van der Waals surface area contributed by atoms with Crippen molar-refractivity contribution >= 4 is 39.2 Å². The number of halogens is 2. The molecule has 0 amide bonds. The van der Waals surface area contributed by atoms with Crippen LogP contribution in [0.1, 0.15) is 5.69 Å². The van der Waals surface area contributed by atoms with Gasteiger partial charge in [-0.1, -0.05) is 11.6 Å².